The Morgan fingerprint density at radius 1 is 1.25 bits per heavy atom. The van der Waals surface area contributed by atoms with Crippen LogP contribution in [0, 0.1) is 0 Å². The van der Waals surface area contributed by atoms with Crippen LogP contribution in [0.3, 0.4) is 0 Å². The molecule has 2 aromatic rings. The lowest BCUT2D eigenvalue weighted by atomic mass is 10.1. The zero-order valence-electron chi connectivity index (χ0n) is 18.6. The van der Waals surface area contributed by atoms with Crippen molar-refractivity contribution in [2.45, 2.75) is 12.2 Å². The van der Waals surface area contributed by atoms with Crippen LogP contribution in [-0.2, 0) is 25.2 Å². The number of hydrogen-bond acceptors (Lipinski definition) is 7. The Hall–Kier alpha value is -3.36. The lowest BCUT2D eigenvalue weighted by Crippen LogP contribution is -2.50. The number of thiophene rings is 1. The van der Waals surface area contributed by atoms with Crippen molar-refractivity contribution in [3.8, 4) is 0 Å². The number of halogens is 4. The Bertz CT molecular complexity index is 1160. The van der Waals surface area contributed by atoms with Gasteiger partial charge in [0.2, 0.25) is 5.91 Å². The number of anilines is 2. The molecule has 1 aliphatic heterocycles. The number of alkyl halides is 3. The van der Waals surface area contributed by atoms with Crippen molar-refractivity contribution in [2.75, 3.05) is 43.6 Å². The summed E-state index contributed by atoms with van der Waals surface area (Å²) in [7, 11) is 1.03. The van der Waals surface area contributed by atoms with E-state index in [-0.39, 0.29) is 30.3 Å². The van der Waals surface area contributed by atoms with Crippen molar-refractivity contribution < 1.29 is 41.8 Å². The minimum atomic E-state index is -4.88. The van der Waals surface area contributed by atoms with Crippen LogP contribution in [0.2, 0.25) is 4.34 Å². The smallest absolute Gasteiger partial charge is 0.418 e. The van der Waals surface area contributed by atoms with Gasteiger partial charge in [-0.15, -0.1) is 11.3 Å². The number of morpholine rings is 1. The van der Waals surface area contributed by atoms with Crippen LogP contribution in [0.1, 0.15) is 15.2 Å². The first kappa shape index (κ1) is 27.2. The van der Waals surface area contributed by atoms with Gasteiger partial charge in [-0.25, -0.2) is 4.79 Å². The SMILES string of the molecule is COC(=O)N[C@@H](CNC(=O)c1ccc(Cl)s1)C(=O)Nc1ccc(N2CCOCC2=O)cc1C(F)(F)F. The van der Waals surface area contributed by atoms with E-state index in [1.54, 1.807) is 0 Å². The second-order valence-corrected chi connectivity index (χ2v) is 9.03. The highest BCUT2D eigenvalue weighted by molar-refractivity contribution is 7.18. The van der Waals surface area contributed by atoms with E-state index in [4.69, 9.17) is 16.3 Å². The summed E-state index contributed by atoms with van der Waals surface area (Å²) in [6.07, 6.45) is -5.92. The second kappa shape index (κ2) is 11.6. The highest BCUT2D eigenvalue weighted by atomic mass is 35.5. The van der Waals surface area contributed by atoms with E-state index in [2.05, 4.69) is 20.7 Å². The predicted octanol–water partition coefficient (Wildman–Crippen LogP) is 2.88. The molecule has 3 N–H and O–H groups in total. The van der Waals surface area contributed by atoms with Gasteiger partial charge in [0.25, 0.3) is 11.8 Å². The molecule has 0 saturated carbocycles. The average Bonchev–Trinajstić information content (AvgIpc) is 3.27. The molecule has 1 fully saturated rings. The van der Waals surface area contributed by atoms with Crippen LogP contribution in [-0.4, -0.2) is 63.3 Å². The molecule has 1 aromatic carbocycles. The number of benzene rings is 1. The summed E-state index contributed by atoms with van der Waals surface area (Å²) in [5.41, 5.74) is -1.83. The topological polar surface area (TPSA) is 126 Å². The maximum Gasteiger partial charge on any atom is 0.418 e. The Balaban J connectivity index is 1.80. The van der Waals surface area contributed by atoms with Crippen molar-refractivity contribution in [1.29, 1.82) is 0 Å². The van der Waals surface area contributed by atoms with Crippen molar-refractivity contribution >= 4 is 58.1 Å². The Morgan fingerprint density at radius 2 is 2.00 bits per heavy atom. The molecule has 0 unspecified atom stereocenters. The van der Waals surface area contributed by atoms with E-state index in [0.29, 0.717) is 4.34 Å². The lowest BCUT2D eigenvalue weighted by Gasteiger charge is -2.28. The number of nitrogens with zero attached hydrogens (tertiary/aromatic N) is 1. The molecule has 0 aliphatic carbocycles. The molecule has 2 heterocycles. The fourth-order valence-electron chi connectivity index (χ4n) is 3.18. The summed E-state index contributed by atoms with van der Waals surface area (Å²) in [6.45, 7) is -0.487. The van der Waals surface area contributed by atoms with Gasteiger partial charge in [0.1, 0.15) is 12.6 Å². The first-order chi connectivity index (χ1) is 17.0. The van der Waals surface area contributed by atoms with Crippen LogP contribution in [0.5, 0.6) is 0 Å². The van der Waals surface area contributed by atoms with Crippen LogP contribution >= 0.6 is 22.9 Å². The van der Waals surface area contributed by atoms with E-state index in [1.807, 2.05) is 0 Å². The molecule has 1 aromatic heterocycles. The van der Waals surface area contributed by atoms with E-state index in [1.165, 1.54) is 18.2 Å². The van der Waals surface area contributed by atoms with Gasteiger partial charge in [-0.2, -0.15) is 13.2 Å². The normalized spacial score (nSPS) is 14.7. The van der Waals surface area contributed by atoms with Gasteiger partial charge in [-0.1, -0.05) is 11.6 Å². The van der Waals surface area contributed by atoms with Crippen molar-refractivity contribution in [1.82, 2.24) is 10.6 Å². The van der Waals surface area contributed by atoms with Gasteiger partial charge in [0.15, 0.2) is 0 Å². The van der Waals surface area contributed by atoms with Crippen LogP contribution < -0.4 is 20.9 Å². The molecule has 194 valence electrons. The zero-order chi connectivity index (χ0) is 26.5. The van der Waals surface area contributed by atoms with Crippen LogP contribution in [0.4, 0.5) is 29.3 Å². The molecule has 0 radical (unpaired) electrons. The zero-order valence-corrected chi connectivity index (χ0v) is 20.2. The van der Waals surface area contributed by atoms with Crippen LogP contribution in [0.15, 0.2) is 30.3 Å². The summed E-state index contributed by atoms with van der Waals surface area (Å²) in [5, 5.41) is 6.71. The quantitative estimate of drug-likeness (QED) is 0.488. The Labute approximate surface area is 211 Å². The first-order valence-corrected chi connectivity index (χ1v) is 11.5. The fraction of sp³-hybridized carbons (Fsp3) is 0.333. The number of amides is 4. The van der Waals surface area contributed by atoms with Crippen molar-refractivity contribution in [3.63, 3.8) is 0 Å². The van der Waals surface area contributed by atoms with E-state index < -0.39 is 53.8 Å². The van der Waals surface area contributed by atoms with Gasteiger partial charge < -0.3 is 30.3 Å². The molecule has 3 rings (SSSR count). The summed E-state index contributed by atoms with van der Waals surface area (Å²) in [5.74, 6) is -2.16. The van der Waals surface area contributed by atoms with Gasteiger partial charge in [0.05, 0.1) is 34.2 Å². The molecule has 15 heteroatoms. The average molecular weight is 549 g/mol. The van der Waals surface area contributed by atoms with E-state index in [0.717, 1.165) is 35.5 Å². The van der Waals surface area contributed by atoms with E-state index >= 15 is 0 Å². The molecule has 4 amide bonds. The van der Waals surface area contributed by atoms with Gasteiger partial charge in [-0.3, -0.25) is 14.4 Å². The maximum atomic E-state index is 13.8. The molecule has 0 bridgehead atoms. The number of rotatable bonds is 7. The highest BCUT2D eigenvalue weighted by Gasteiger charge is 2.36. The summed E-state index contributed by atoms with van der Waals surface area (Å²) in [6, 6.07) is 4.44. The third kappa shape index (κ3) is 6.86. The Kier molecular flexibility index (Phi) is 8.76. The number of hydrogen-bond donors (Lipinski definition) is 3. The number of carbonyl (C=O) groups excluding carboxylic acids is 4. The molecule has 0 spiro atoms. The number of nitrogens with one attached hydrogen (secondary N) is 3. The van der Waals surface area contributed by atoms with Crippen molar-refractivity contribution in [3.05, 3.63) is 45.1 Å². The molecular formula is C21H20ClF3N4O6S. The third-order valence-electron chi connectivity index (χ3n) is 4.92. The van der Waals surface area contributed by atoms with Crippen molar-refractivity contribution in [2.24, 2.45) is 0 Å². The first-order valence-electron chi connectivity index (χ1n) is 10.3. The van der Waals surface area contributed by atoms with Gasteiger partial charge >= 0.3 is 12.3 Å². The minimum Gasteiger partial charge on any atom is -0.453 e. The number of alkyl carbamates (subject to hydrolysis) is 1. The molecule has 1 saturated heterocycles. The highest BCUT2D eigenvalue weighted by Crippen LogP contribution is 2.37. The van der Waals surface area contributed by atoms with E-state index in [9.17, 15) is 32.3 Å². The maximum absolute atomic E-state index is 13.8. The van der Waals surface area contributed by atoms with Crippen LogP contribution in [0.25, 0.3) is 0 Å². The fourth-order valence-corrected chi connectivity index (χ4v) is 4.14. The molecule has 1 atom stereocenters. The summed E-state index contributed by atoms with van der Waals surface area (Å²) in [4.78, 5) is 50.2. The van der Waals surface area contributed by atoms with Gasteiger partial charge in [0, 0.05) is 18.8 Å². The number of methoxy groups -OCH3 is 1. The standard InChI is InChI=1S/C21H20ClF3N4O6S/c1-34-20(33)28-14(9-26-19(32)15-4-5-16(22)36-15)18(31)27-13-3-2-11(8-12(13)21(23,24)25)29-6-7-35-10-17(29)30/h2-5,8,14H,6-7,9-10H2,1H3,(H,26,32)(H,27,31)(H,28,33)/t14-/m0/s1. The second-order valence-electron chi connectivity index (χ2n) is 7.32. The number of carbonyl (C=O) groups is 4. The number of ether oxygens (including phenoxy) is 2. The molecule has 10 nitrogen and oxygen atoms in total. The molecular weight excluding hydrogens is 529 g/mol. The Morgan fingerprint density at radius 3 is 2.61 bits per heavy atom. The van der Waals surface area contributed by atoms with Gasteiger partial charge in [-0.05, 0) is 30.3 Å². The largest absolute Gasteiger partial charge is 0.453 e. The minimum absolute atomic E-state index is 0.0141. The molecule has 1 aliphatic rings. The third-order valence-corrected chi connectivity index (χ3v) is 6.15. The lowest BCUT2D eigenvalue weighted by molar-refractivity contribution is -0.137. The monoisotopic (exact) mass is 548 g/mol. The predicted molar refractivity (Wildman–Crippen MR) is 124 cm³/mol. The summed E-state index contributed by atoms with van der Waals surface area (Å²) >= 11 is 6.77. The summed E-state index contributed by atoms with van der Waals surface area (Å²) < 4.78 is 51.3. The molecule has 36 heavy (non-hydrogen) atoms.